The van der Waals surface area contributed by atoms with Gasteiger partial charge in [-0.15, -0.1) is 0 Å². The lowest BCUT2D eigenvalue weighted by Crippen LogP contribution is -2.31. The number of ether oxygens (including phenoxy) is 1. The third-order valence-electron chi connectivity index (χ3n) is 6.23. The average molecular weight is 610 g/mol. The molecule has 4 rings (SSSR count). The fourth-order valence-corrected chi connectivity index (χ4v) is 5.19. The highest BCUT2D eigenvalue weighted by atomic mass is 79.9. The summed E-state index contributed by atoms with van der Waals surface area (Å²) in [5, 5.41) is 9.66. The zero-order valence-corrected chi connectivity index (χ0v) is 22.9. The van der Waals surface area contributed by atoms with Crippen molar-refractivity contribution in [3.05, 3.63) is 44.0 Å². The second kappa shape index (κ2) is 12.0. The molecule has 1 aromatic carbocycles. The van der Waals surface area contributed by atoms with Gasteiger partial charge in [0.05, 0.1) is 6.54 Å². The highest BCUT2D eigenvalue weighted by Gasteiger charge is 2.22. The Morgan fingerprint density at radius 1 is 1.23 bits per heavy atom. The normalized spacial score (nSPS) is 15.9. The van der Waals surface area contributed by atoms with Gasteiger partial charge in [-0.05, 0) is 49.4 Å². The minimum atomic E-state index is -0.291. The molecule has 11 heteroatoms. The van der Waals surface area contributed by atoms with E-state index in [2.05, 4.69) is 69.9 Å². The Morgan fingerprint density at radius 2 is 2.03 bits per heavy atom. The Balaban J connectivity index is 1.40. The van der Waals surface area contributed by atoms with Crippen LogP contribution in [0.25, 0.3) is 0 Å². The van der Waals surface area contributed by atoms with Crippen LogP contribution in [0.3, 0.4) is 0 Å². The lowest BCUT2D eigenvalue weighted by atomic mass is 10.1. The largest absolute Gasteiger partial charge is 0.448 e. The van der Waals surface area contributed by atoms with Gasteiger partial charge in [-0.3, -0.25) is 4.79 Å². The smallest absolute Gasteiger partial charge is 0.409 e. The van der Waals surface area contributed by atoms with E-state index in [0.29, 0.717) is 62.6 Å². The molecule has 1 saturated heterocycles. The predicted octanol–water partition coefficient (Wildman–Crippen LogP) is 4.85. The molecule has 1 aliphatic heterocycles. The third kappa shape index (κ3) is 6.84. The van der Waals surface area contributed by atoms with Crippen molar-refractivity contribution in [2.24, 2.45) is 0 Å². The maximum Gasteiger partial charge on any atom is 0.409 e. The molecule has 9 nitrogen and oxygen atoms in total. The van der Waals surface area contributed by atoms with E-state index in [1.165, 1.54) is 12.8 Å². The highest BCUT2D eigenvalue weighted by molar-refractivity contribution is 9.11. The number of hydrogen-bond acceptors (Lipinski definition) is 7. The van der Waals surface area contributed by atoms with Crippen LogP contribution in [0.2, 0.25) is 0 Å². The number of aromatic nitrogens is 2. The van der Waals surface area contributed by atoms with Crippen LogP contribution in [-0.2, 0) is 11.3 Å². The molecule has 0 radical (unpaired) electrons. The monoisotopic (exact) mass is 608 g/mol. The van der Waals surface area contributed by atoms with E-state index in [0.717, 1.165) is 32.9 Å². The number of nitrogens with zero attached hydrogens (tertiary/aromatic N) is 3. The van der Waals surface area contributed by atoms with Gasteiger partial charge in [0.2, 0.25) is 5.95 Å². The van der Waals surface area contributed by atoms with Crippen molar-refractivity contribution in [2.45, 2.75) is 51.6 Å². The van der Waals surface area contributed by atoms with Crippen LogP contribution in [0.5, 0.6) is 0 Å². The van der Waals surface area contributed by atoms with Gasteiger partial charge in [-0.2, -0.15) is 4.98 Å². The molecule has 2 amide bonds. The van der Waals surface area contributed by atoms with Crippen molar-refractivity contribution in [1.82, 2.24) is 20.2 Å². The Labute approximate surface area is 222 Å². The third-order valence-corrected chi connectivity index (χ3v) is 7.82. The molecule has 35 heavy (non-hydrogen) atoms. The summed E-state index contributed by atoms with van der Waals surface area (Å²) in [6, 6.07) is 4.43. The molecular formula is C24H30Br2N6O3. The number of carbonyl (C=O) groups excluding carboxylic acids is 2. The summed E-state index contributed by atoms with van der Waals surface area (Å²) >= 11 is 7.20. The van der Waals surface area contributed by atoms with Crippen LogP contribution in [0.4, 0.5) is 16.6 Å². The van der Waals surface area contributed by atoms with Gasteiger partial charge < -0.3 is 25.6 Å². The van der Waals surface area contributed by atoms with Crippen molar-refractivity contribution in [2.75, 3.05) is 36.9 Å². The molecule has 2 heterocycles. The number of anilines is 2. The molecule has 0 atom stereocenters. The zero-order valence-electron chi connectivity index (χ0n) is 19.7. The zero-order chi connectivity index (χ0) is 24.8. The number of amides is 2. The fourth-order valence-electron chi connectivity index (χ4n) is 4.20. The average Bonchev–Trinajstić information content (AvgIpc) is 3.50. The summed E-state index contributed by atoms with van der Waals surface area (Å²) in [5.74, 6) is 0.767. The van der Waals surface area contributed by atoms with Crippen LogP contribution in [0.15, 0.2) is 27.3 Å². The number of carbonyl (C=O) groups is 2. The molecule has 2 aromatic rings. The Hall–Kier alpha value is -2.40. The van der Waals surface area contributed by atoms with Gasteiger partial charge in [0, 0.05) is 40.8 Å². The van der Waals surface area contributed by atoms with Crippen molar-refractivity contribution >= 4 is 55.6 Å². The summed E-state index contributed by atoms with van der Waals surface area (Å²) in [7, 11) is 0. The summed E-state index contributed by atoms with van der Waals surface area (Å²) in [6.07, 6.45) is 6.39. The number of cyclic esters (lactones) is 1. The maximum atomic E-state index is 12.9. The van der Waals surface area contributed by atoms with E-state index in [4.69, 9.17) is 4.74 Å². The second-order valence-electron chi connectivity index (χ2n) is 8.84. The van der Waals surface area contributed by atoms with Gasteiger partial charge in [0.25, 0.3) is 5.91 Å². The Bertz CT molecular complexity index is 1080. The first-order valence-corrected chi connectivity index (χ1v) is 13.5. The molecule has 3 N–H and O–H groups in total. The first-order valence-electron chi connectivity index (χ1n) is 11.9. The molecular weight excluding hydrogens is 580 g/mol. The first-order chi connectivity index (χ1) is 16.9. The van der Waals surface area contributed by atoms with Gasteiger partial charge in [0.15, 0.2) is 0 Å². The first kappa shape index (κ1) is 25.7. The van der Waals surface area contributed by atoms with Crippen molar-refractivity contribution in [3.8, 4) is 0 Å². The summed E-state index contributed by atoms with van der Waals surface area (Å²) in [5.41, 5.74) is 2.64. The molecule has 2 aliphatic rings. The van der Waals surface area contributed by atoms with Crippen molar-refractivity contribution in [3.63, 3.8) is 0 Å². The minimum absolute atomic E-state index is 0.230. The summed E-state index contributed by atoms with van der Waals surface area (Å²) in [6.45, 7) is 4.60. The second-order valence-corrected chi connectivity index (χ2v) is 10.5. The molecule has 0 bridgehead atoms. The maximum absolute atomic E-state index is 12.9. The summed E-state index contributed by atoms with van der Waals surface area (Å²) in [4.78, 5) is 35.2. The van der Waals surface area contributed by atoms with Crippen molar-refractivity contribution < 1.29 is 14.3 Å². The van der Waals surface area contributed by atoms with E-state index in [-0.39, 0.29) is 12.0 Å². The van der Waals surface area contributed by atoms with Crippen LogP contribution in [-0.4, -0.2) is 59.2 Å². The van der Waals surface area contributed by atoms with E-state index in [1.807, 2.05) is 6.92 Å². The highest BCUT2D eigenvalue weighted by Crippen LogP contribution is 2.27. The molecule has 1 aliphatic carbocycles. The molecule has 1 aromatic heterocycles. The quantitative estimate of drug-likeness (QED) is 0.331. The minimum Gasteiger partial charge on any atom is -0.448 e. The van der Waals surface area contributed by atoms with Crippen LogP contribution >= 0.6 is 31.9 Å². The van der Waals surface area contributed by atoms with Gasteiger partial charge in [0.1, 0.15) is 18.0 Å². The fraction of sp³-hybridized carbons (Fsp3) is 0.500. The number of aryl methyl sites for hydroxylation is 1. The summed E-state index contributed by atoms with van der Waals surface area (Å²) < 4.78 is 6.98. The van der Waals surface area contributed by atoms with E-state index in [1.54, 1.807) is 11.1 Å². The van der Waals surface area contributed by atoms with E-state index < -0.39 is 0 Å². The SMILES string of the molecule is Cc1cc(Br)c(CNc2ncc(C(=O)NCCCN3CCOC3=O)c(NC3CCCC3)n2)cc1Br. The van der Waals surface area contributed by atoms with E-state index >= 15 is 0 Å². The Kier molecular flexibility index (Phi) is 8.83. The lowest BCUT2D eigenvalue weighted by Gasteiger charge is -2.17. The Morgan fingerprint density at radius 3 is 2.77 bits per heavy atom. The number of rotatable bonds is 10. The van der Waals surface area contributed by atoms with Gasteiger partial charge >= 0.3 is 6.09 Å². The number of nitrogens with one attached hydrogen (secondary N) is 3. The van der Waals surface area contributed by atoms with E-state index in [9.17, 15) is 9.59 Å². The van der Waals surface area contributed by atoms with Crippen LogP contribution in [0.1, 0.15) is 53.6 Å². The number of hydrogen-bond donors (Lipinski definition) is 3. The van der Waals surface area contributed by atoms with Crippen LogP contribution in [0, 0.1) is 6.92 Å². The lowest BCUT2D eigenvalue weighted by molar-refractivity contribution is 0.0952. The van der Waals surface area contributed by atoms with Gasteiger partial charge in [-0.25, -0.2) is 9.78 Å². The predicted molar refractivity (Wildman–Crippen MR) is 142 cm³/mol. The van der Waals surface area contributed by atoms with Crippen LogP contribution < -0.4 is 16.0 Å². The molecule has 1 saturated carbocycles. The molecule has 0 spiro atoms. The van der Waals surface area contributed by atoms with Crippen molar-refractivity contribution in [1.29, 1.82) is 0 Å². The molecule has 0 unspecified atom stereocenters. The topological polar surface area (TPSA) is 108 Å². The number of halogens is 2. The standard InChI is InChI=1S/C24H30Br2N6O3/c1-15-11-20(26)16(12-19(15)25)13-28-23-29-14-18(21(31-23)30-17-5-2-3-6-17)22(33)27-7-4-8-32-9-10-35-24(32)34/h11-12,14,17H,2-10,13H2,1H3,(H,27,33)(H2,28,29,30,31). The molecule has 188 valence electrons. The molecule has 2 fully saturated rings. The number of benzene rings is 1. The van der Waals surface area contributed by atoms with Gasteiger partial charge in [-0.1, -0.05) is 44.7 Å².